The lowest BCUT2D eigenvalue weighted by Gasteiger charge is -2.16. The molecule has 1 atom stereocenters. The summed E-state index contributed by atoms with van der Waals surface area (Å²) in [6, 6.07) is 0.592. The quantitative estimate of drug-likeness (QED) is 0.431. The third-order valence-corrected chi connectivity index (χ3v) is 2.17. The second-order valence-electron chi connectivity index (χ2n) is 3.52. The highest BCUT2D eigenvalue weighted by Crippen LogP contribution is 2.03. The van der Waals surface area contributed by atoms with Crippen molar-refractivity contribution < 1.29 is 4.74 Å². The Bertz CT molecular complexity index is 125. The summed E-state index contributed by atoms with van der Waals surface area (Å²) >= 11 is 0. The molecule has 0 saturated carbocycles. The average Bonchev–Trinajstić information content (AvgIpc) is 2.20. The molecule has 0 aromatic carbocycles. The number of rotatable bonds is 10. The van der Waals surface area contributed by atoms with Crippen LogP contribution in [0.5, 0.6) is 0 Å². The van der Waals surface area contributed by atoms with Crippen LogP contribution in [0.2, 0.25) is 0 Å². The Labute approximate surface area is 88.7 Å². The topological polar surface area (TPSA) is 21.3 Å². The van der Waals surface area contributed by atoms with Crippen molar-refractivity contribution in [3.05, 3.63) is 12.7 Å². The molecule has 2 heteroatoms. The van der Waals surface area contributed by atoms with Crippen molar-refractivity contribution in [2.24, 2.45) is 0 Å². The molecule has 0 spiro atoms. The molecule has 84 valence electrons. The van der Waals surface area contributed by atoms with Crippen molar-refractivity contribution in [2.75, 3.05) is 19.8 Å². The number of allylic oxidation sites excluding steroid dienone is 1. The maximum atomic E-state index is 5.47. The van der Waals surface area contributed by atoms with Crippen molar-refractivity contribution in [1.29, 1.82) is 0 Å². The Hall–Kier alpha value is -0.340. The van der Waals surface area contributed by atoms with Crippen LogP contribution in [-0.2, 0) is 4.74 Å². The summed E-state index contributed by atoms with van der Waals surface area (Å²) in [5.74, 6) is 0. The molecule has 0 heterocycles. The molecule has 0 rings (SSSR count). The van der Waals surface area contributed by atoms with E-state index in [0.717, 1.165) is 39.0 Å². The van der Waals surface area contributed by atoms with Crippen LogP contribution in [0.25, 0.3) is 0 Å². The van der Waals surface area contributed by atoms with E-state index in [1.54, 1.807) is 0 Å². The van der Waals surface area contributed by atoms with Gasteiger partial charge in [-0.05, 0) is 32.2 Å². The fraction of sp³-hybridized carbons (Fsp3) is 0.833. The van der Waals surface area contributed by atoms with E-state index in [-0.39, 0.29) is 0 Å². The molecule has 2 nitrogen and oxygen atoms in total. The van der Waals surface area contributed by atoms with E-state index in [0.29, 0.717) is 6.04 Å². The summed E-state index contributed by atoms with van der Waals surface area (Å²) in [5, 5.41) is 3.47. The van der Waals surface area contributed by atoms with Gasteiger partial charge < -0.3 is 10.1 Å². The Balaban J connectivity index is 3.45. The van der Waals surface area contributed by atoms with E-state index >= 15 is 0 Å². The van der Waals surface area contributed by atoms with Gasteiger partial charge in [-0.3, -0.25) is 0 Å². The Kier molecular flexibility index (Phi) is 10.5. The van der Waals surface area contributed by atoms with Crippen LogP contribution in [0.4, 0.5) is 0 Å². The summed E-state index contributed by atoms with van der Waals surface area (Å²) in [4.78, 5) is 0. The zero-order valence-electron chi connectivity index (χ0n) is 9.72. The molecule has 0 aliphatic carbocycles. The standard InChI is InChI=1S/C12H25NO/c1-4-7-8-12(13-6-3)9-11-14-10-5-2/h4,12-13H,1,5-11H2,2-3H3. The van der Waals surface area contributed by atoms with Gasteiger partial charge in [-0.15, -0.1) is 6.58 Å². The minimum absolute atomic E-state index is 0.592. The van der Waals surface area contributed by atoms with Crippen molar-refractivity contribution in [3.63, 3.8) is 0 Å². The van der Waals surface area contributed by atoms with Gasteiger partial charge in [0.05, 0.1) is 0 Å². The first-order chi connectivity index (χ1) is 6.85. The first-order valence-electron chi connectivity index (χ1n) is 5.77. The lowest BCUT2D eigenvalue weighted by atomic mass is 10.1. The minimum Gasteiger partial charge on any atom is -0.381 e. The zero-order valence-corrected chi connectivity index (χ0v) is 9.72. The van der Waals surface area contributed by atoms with Crippen molar-refractivity contribution >= 4 is 0 Å². The van der Waals surface area contributed by atoms with Gasteiger partial charge in [0.15, 0.2) is 0 Å². The van der Waals surface area contributed by atoms with Gasteiger partial charge in [-0.25, -0.2) is 0 Å². The second kappa shape index (κ2) is 10.7. The van der Waals surface area contributed by atoms with Crippen LogP contribution in [0.15, 0.2) is 12.7 Å². The van der Waals surface area contributed by atoms with Crippen molar-refractivity contribution in [1.82, 2.24) is 5.32 Å². The normalized spacial score (nSPS) is 12.7. The van der Waals surface area contributed by atoms with Crippen molar-refractivity contribution in [2.45, 2.75) is 45.6 Å². The molecule has 0 aromatic heterocycles. The van der Waals surface area contributed by atoms with Gasteiger partial charge in [-0.1, -0.05) is 19.9 Å². The maximum Gasteiger partial charge on any atom is 0.0480 e. The molecule has 0 aliphatic heterocycles. The van der Waals surface area contributed by atoms with E-state index < -0.39 is 0 Å². The Morgan fingerprint density at radius 3 is 2.64 bits per heavy atom. The van der Waals surface area contributed by atoms with Gasteiger partial charge in [0.2, 0.25) is 0 Å². The lowest BCUT2D eigenvalue weighted by molar-refractivity contribution is 0.124. The van der Waals surface area contributed by atoms with Gasteiger partial charge >= 0.3 is 0 Å². The number of hydrogen-bond donors (Lipinski definition) is 1. The summed E-state index contributed by atoms with van der Waals surface area (Å²) in [6.45, 7) is 10.8. The molecular formula is C12H25NO. The van der Waals surface area contributed by atoms with Crippen LogP contribution < -0.4 is 5.32 Å². The maximum absolute atomic E-state index is 5.47. The number of nitrogens with one attached hydrogen (secondary N) is 1. The third kappa shape index (κ3) is 8.27. The van der Waals surface area contributed by atoms with Gasteiger partial charge in [-0.2, -0.15) is 0 Å². The predicted molar refractivity (Wildman–Crippen MR) is 62.6 cm³/mol. The molecule has 1 N–H and O–H groups in total. The second-order valence-corrected chi connectivity index (χ2v) is 3.52. The van der Waals surface area contributed by atoms with E-state index in [9.17, 15) is 0 Å². The zero-order chi connectivity index (χ0) is 10.6. The summed E-state index contributed by atoms with van der Waals surface area (Å²) in [6.07, 6.45) is 6.47. The van der Waals surface area contributed by atoms with Crippen LogP contribution in [0.3, 0.4) is 0 Å². The lowest BCUT2D eigenvalue weighted by Crippen LogP contribution is -2.30. The first kappa shape index (κ1) is 13.7. The Morgan fingerprint density at radius 2 is 2.07 bits per heavy atom. The van der Waals surface area contributed by atoms with Crippen LogP contribution >= 0.6 is 0 Å². The van der Waals surface area contributed by atoms with Crippen molar-refractivity contribution in [3.8, 4) is 0 Å². The van der Waals surface area contributed by atoms with Gasteiger partial charge in [0, 0.05) is 19.3 Å². The molecule has 0 aromatic rings. The third-order valence-electron chi connectivity index (χ3n) is 2.17. The highest BCUT2D eigenvalue weighted by Gasteiger charge is 2.05. The fourth-order valence-corrected chi connectivity index (χ4v) is 1.43. The van der Waals surface area contributed by atoms with E-state index in [4.69, 9.17) is 4.74 Å². The molecule has 0 saturated heterocycles. The first-order valence-corrected chi connectivity index (χ1v) is 5.77. The smallest absolute Gasteiger partial charge is 0.0480 e. The summed E-state index contributed by atoms with van der Waals surface area (Å²) in [5.41, 5.74) is 0. The monoisotopic (exact) mass is 199 g/mol. The van der Waals surface area contributed by atoms with Gasteiger partial charge in [0.25, 0.3) is 0 Å². The average molecular weight is 199 g/mol. The summed E-state index contributed by atoms with van der Waals surface area (Å²) in [7, 11) is 0. The molecule has 0 amide bonds. The highest BCUT2D eigenvalue weighted by molar-refractivity contribution is 4.73. The van der Waals surface area contributed by atoms with Crippen LogP contribution in [-0.4, -0.2) is 25.8 Å². The van der Waals surface area contributed by atoms with Crippen LogP contribution in [0.1, 0.15) is 39.5 Å². The highest BCUT2D eigenvalue weighted by atomic mass is 16.5. The minimum atomic E-state index is 0.592. The van der Waals surface area contributed by atoms with E-state index in [2.05, 4.69) is 25.7 Å². The van der Waals surface area contributed by atoms with Crippen LogP contribution in [0, 0.1) is 0 Å². The fourth-order valence-electron chi connectivity index (χ4n) is 1.43. The molecule has 0 fully saturated rings. The SMILES string of the molecule is C=CCCC(CCOCCC)NCC. The molecule has 0 aliphatic rings. The molecular weight excluding hydrogens is 174 g/mol. The molecule has 0 radical (unpaired) electrons. The largest absolute Gasteiger partial charge is 0.381 e. The molecule has 14 heavy (non-hydrogen) atoms. The van der Waals surface area contributed by atoms with Gasteiger partial charge in [0.1, 0.15) is 0 Å². The molecule has 0 bridgehead atoms. The molecule has 1 unspecified atom stereocenters. The Morgan fingerprint density at radius 1 is 1.29 bits per heavy atom. The van der Waals surface area contributed by atoms with E-state index in [1.165, 1.54) is 6.42 Å². The van der Waals surface area contributed by atoms with E-state index in [1.807, 2.05) is 6.08 Å². The summed E-state index contributed by atoms with van der Waals surface area (Å²) < 4.78 is 5.47. The number of hydrogen-bond acceptors (Lipinski definition) is 2. The number of ether oxygens (including phenoxy) is 1. The predicted octanol–water partition coefficient (Wildman–Crippen LogP) is 2.75.